The fraction of sp³-hybridized carbons (Fsp3) is 0.368. The van der Waals surface area contributed by atoms with Crippen LogP contribution < -0.4 is 19.7 Å². The minimum atomic E-state index is -0.312. The number of hydrogen-bond acceptors (Lipinski definition) is 5. The minimum absolute atomic E-state index is 0.312. The molecule has 1 saturated heterocycles. The van der Waals surface area contributed by atoms with Crippen molar-refractivity contribution in [2.24, 2.45) is 0 Å². The van der Waals surface area contributed by atoms with Crippen LogP contribution >= 0.6 is 0 Å². The Balaban J connectivity index is 1.75. The number of hydrogen-bond donors (Lipinski definition) is 1. The highest BCUT2D eigenvalue weighted by molar-refractivity contribution is 6.07. The van der Waals surface area contributed by atoms with E-state index in [4.69, 9.17) is 9.47 Å². The van der Waals surface area contributed by atoms with Gasteiger partial charge < -0.3 is 19.7 Å². The third-order valence-corrected chi connectivity index (χ3v) is 4.37. The molecule has 3 rings (SSSR count). The molecule has 2 aromatic rings. The lowest BCUT2D eigenvalue weighted by molar-refractivity contribution is 0.102. The summed E-state index contributed by atoms with van der Waals surface area (Å²) in [4.78, 5) is 19.3. The zero-order chi connectivity index (χ0) is 17.6. The number of amides is 1. The first-order chi connectivity index (χ1) is 12.2. The summed E-state index contributed by atoms with van der Waals surface area (Å²) in [7, 11) is 3.05. The predicted molar refractivity (Wildman–Crippen MR) is 97.8 cm³/mol. The molecule has 6 nitrogen and oxygen atoms in total. The minimum Gasteiger partial charge on any atom is -0.496 e. The first kappa shape index (κ1) is 17.1. The number of piperidine rings is 1. The largest absolute Gasteiger partial charge is 0.496 e. The maximum Gasteiger partial charge on any atom is 0.264 e. The summed E-state index contributed by atoms with van der Waals surface area (Å²) in [6, 6.07) is 9.05. The van der Waals surface area contributed by atoms with Crippen LogP contribution in [-0.2, 0) is 0 Å². The van der Waals surface area contributed by atoms with E-state index in [1.165, 1.54) is 33.5 Å². The van der Waals surface area contributed by atoms with E-state index >= 15 is 0 Å². The van der Waals surface area contributed by atoms with Gasteiger partial charge in [-0.3, -0.25) is 4.79 Å². The lowest BCUT2D eigenvalue weighted by Gasteiger charge is -2.28. The summed E-state index contributed by atoms with van der Waals surface area (Å²) in [5, 5.41) is 2.81. The number of ether oxygens (including phenoxy) is 2. The molecule has 1 aliphatic heterocycles. The van der Waals surface area contributed by atoms with Crippen molar-refractivity contribution in [1.29, 1.82) is 0 Å². The first-order valence-corrected chi connectivity index (χ1v) is 8.46. The van der Waals surface area contributed by atoms with Crippen molar-refractivity contribution < 1.29 is 14.3 Å². The first-order valence-electron chi connectivity index (χ1n) is 8.46. The molecule has 6 heteroatoms. The van der Waals surface area contributed by atoms with E-state index in [0.29, 0.717) is 22.9 Å². The number of methoxy groups -OCH3 is 2. The van der Waals surface area contributed by atoms with Crippen LogP contribution in [0.4, 0.5) is 11.5 Å². The number of benzene rings is 1. The summed E-state index contributed by atoms with van der Waals surface area (Å²) in [5.74, 6) is 1.11. The molecule has 0 bridgehead atoms. The number of nitrogens with one attached hydrogen (secondary N) is 1. The molecule has 0 aliphatic carbocycles. The molecule has 0 spiro atoms. The normalized spacial score (nSPS) is 14.1. The average Bonchev–Trinajstić information content (AvgIpc) is 2.68. The van der Waals surface area contributed by atoms with Crippen LogP contribution in [0, 0.1) is 0 Å². The predicted octanol–water partition coefficient (Wildman–Crippen LogP) is 3.34. The van der Waals surface area contributed by atoms with E-state index in [9.17, 15) is 4.79 Å². The number of nitrogens with zero attached hydrogens (tertiary/aromatic N) is 2. The van der Waals surface area contributed by atoms with E-state index in [2.05, 4.69) is 15.2 Å². The van der Waals surface area contributed by atoms with Crippen LogP contribution in [0.15, 0.2) is 36.5 Å². The Bertz CT molecular complexity index is 703. The highest BCUT2D eigenvalue weighted by Gasteiger charge is 2.19. The number of pyridine rings is 1. The van der Waals surface area contributed by atoms with Crippen LogP contribution in [0.25, 0.3) is 0 Å². The molecule has 1 fully saturated rings. The highest BCUT2D eigenvalue weighted by atomic mass is 16.5. The van der Waals surface area contributed by atoms with Crippen LogP contribution in [-0.4, -0.2) is 38.2 Å². The maximum atomic E-state index is 12.6. The molecule has 1 aromatic heterocycles. The Morgan fingerprint density at radius 1 is 1.04 bits per heavy atom. The van der Waals surface area contributed by atoms with Crippen molar-refractivity contribution in [2.75, 3.05) is 37.5 Å². The standard InChI is InChI=1S/C19H23N3O3/c1-24-15-7-6-8-16(25-2)18(15)19(23)21-17-10-9-14(13-20-17)22-11-4-3-5-12-22/h6-10,13H,3-5,11-12H2,1-2H3,(H,20,21,23). The van der Waals surface area contributed by atoms with Gasteiger partial charge in [-0.1, -0.05) is 6.07 Å². The third-order valence-electron chi connectivity index (χ3n) is 4.37. The molecule has 1 aromatic carbocycles. The van der Waals surface area contributed by atoms with Gasteiger partial charge in [0.2, 0.25) is 0 Å². The lowest BCUT2D eigenvalue weighted by Crippen LogP contribution is -2.29. The van der Waals surface area contributed by atoms with E-state index in [0.717, 1.165) is 18.8 Å². The fourth-order valence-corrected chi connectivity index (χ4v) is 3.05. The number of aromatic nitrogens is 1. The number of carbonyl (C=O) groups excluding carboxylic acids is 1. The molecule has 0 atom stereocenters. The second kappa shape index (κ2) is 7.88. The Labute approximate surface area is 147 Å². The average molecular weight is 341 g/mol. The molecule has 2 heterocycles. The van der Waals surface area contributed by atoms with Gasteiger partial charge in [0.25, 0.3) is 5.91 Å². The van der Waals surface area contributed by atoms with Crippen molar-refractivity contribution in [1.82, 2.24) is 4.98 Å². The monoisotopic (exact) mass is 341 g/mol. The van der Waals surface area contributed by atoms with Gasteiger partial charge in [0.05, 0.1) is 26.1 Å². The highest BCUT2D eigenvalue weighted by Crippen LogP contribution is 2.29. The van der Waals surface area contributed by atoms with Gasteiger partial charge in [0.1, 0.15) is 22.9 Å². The van der Waals surface area contributed by atoms with Crippen LogP contribution in [0.2, 0.25) is 0 Å². The summed E-state index contributed by atoms with van der Waals surface area (Å²) < 4.78 is 10.6. The Hall–Kier alpha value is -2.76. The Morgan fingerprint density at radius 3 is 2.28 bits per heavy atom. The summed E-state index contributed by atoms with van der Waals surface area (Å²) in [6.45, 7) is 2.12. The summed E-state index contributed by atoms with van der Waals surface area (Å²) in [6.07, 6.45) is 5.53. The topological polar surface area (TPSA) is 63.7 Å². The molecular weight excluding hydrogens is 318 g/mol. The van der Waals surface area contributed by atoms with Crippen molar-refractivity contribution in [3.63, 3.8) is 0 Å². The van der Waals surface area contributed by atoms with Gasteiger partial charge in [-0.25, -0.2) is 4.98 Å². The molecular formula is C19H23N3O3. The van der Waals surface area contributed by atoms with Crippen molar-refractivity contribution in [3.05, 3.63) is 42.1 Å². The van der Waals surface area contributed by atoms with Gasteiger partial charge in [0.15, 0.2) is 0 Å². The second-order valence-corrected chi connectivity index (χ2v) is 5.94. The van der Waals surface area contributed by atoms with Crippen molar-refractivity contribution >= 4 is 17.4 Å². The van der Waals surface area contributed by atoms with Crippen LogP contribution in [0.1, 0.15) is 29.6 Å². The SMILES string of the molecule is COc1cccc(OC)c1C(=O)Nc1ccc(N2CCCCC2)cn1. The van der Waals surface area contributed by atoms with Gasteiger partial charge in [-0.05, 0) is 43.5 Å². The van der Waals surface area contributed by atoms with Crippen molar-refractivity contribution in [2.45, 2.75) is 19.3 Å². The van der Waals surface area contributed by atoms with E-state index in [1.807, 2.05) is 12.1 Å². The molecule has 1 amide bonds. The summed E-state index contributed by atoms with van der Waals surface area (Å²) in [5.41, 5.74) is 1.45. The second-order valence-electron chi connectivity index (χ2n) is 5.94. The zero-order valence-corrected chi connectivity index (χ0v) is 14.6. The molecule has 0 radical (unpaired) electrons. The quantitative estimate of drug-likeness (QED) is 0.904. The van der Waals surface area contributed by atoms with E-state index in [1.54, 1.807) is 24.4 Å². The van der Waals surface area contributed by atoms with Crippen LogP contribution in [0.5, 0.6) is 11.5 Å². The maximum absolute atomic E-state index is 12.6. The molecule has 25 heavy (non-hydrogen) atoms. The number of carbonyl (C=O) groups is 1. The molecule has 1 N–H and O–H groups in total. The number of anilines is 2. The van der Waals surface area contributed by atoms with Gasteiger partial charge in [0, 0.05) is 13.1 Å². The van der Waals surface area contributed by atoms with E-state index in [-0.39, 0.29) is 5.91 Å². The zero-order valence-electron chi connectivity index (χ0n) is 14.6. The van der Waals surface area contributed by atoms with E-state index < -0.39 is 0 Å². The lowest BCUT2D eigenvalue weighted by atomic mass is 10.1. The fourth-order valence-electron chi connectivity index (χ4n) is 3.05. The molecule has 1 aliphatic rings. The van der Waals surface area contributed by atoms with Gasteiger partial charge in [-0.2, -0.15) is 0 Å². The Kier molecular flexibility index (Phi) is 5.38. The van der Waals surface area contributed by atoms with Gasteiger partial charge >= 0.3 is 0 Å². The number of rotatable bonds is 5. The third kappa shape index (κ3) is 3.84. The molecule has 0 saturated carbocycles. The smallest absolute Gasteiger partial charge is 0.264 e. The van der Waals surface area contributed by atoms with Crippen LogP contribution in [0.3, 0.4) is 0 Å². The molecule has 0 unspecified atom stereocenters. The van der Waals surface area contributed by atoms with Gasteiger partial charge in [-0.15, -0.1) is 0 Å². The summed E-state index contributed by atoms with van der Waals surface area (Å²) >= 11 is 0. The molecule has 132 valence electrons. The Morgan fingerprint density at radius 2 is 1.72 bits per heavy atom. The van der Waals surface area contributed by atoms with Crippen molar-refractivity contribution in [3.8, 4) is 11.5 Å².